The van der Waals surface area contributed by atoms with Gasteiger partial charge in [-0.25, -0.2) is 0 Å². The van der Waals surface area contributed by atoms with E-state index in [0.29, 0.717) is 0 Å². The van der Waals surface area contributed by atoms with Gasteiger partial charge in [0.1, 0.15) is 0 Å². The van der Waals surface area contributed by atoms with Crippen molar-refractivity contribution in [3.63, 3.8) is 0 Å². The number of hydrogen-bond acceptors (Lipinski definition) is 0. The van der Waals surface area contributed by atoms with Gasteiger partial charge in [-0.2, -0.15) is 0 Å². The van der Waals surface area contributed by atoms with Gasteiger partial charge in [0.2, 0.25) is 0 Å². The first-order chi connectivity index (χ1) is 10.0. The van der Waals surface area contributed by atoms with Crippen LogP contribution in [0.4, 0.5) is 0 Å². The van der Waals surface area contributed by atoms with Crippen molar-refractivity contribution in [2.75, 3.05) is 10.7 Å². The average Bonchev–Trinajstić information content (AvgIpc) is 2.49. The number of benzene rings is 2. The van der Waals surface area contributed by atoms with E-state index in [2.05, 4.69) is 104 Å². The highest BCUT2D eigenvalue weighted by atomic mass is 79.9. The van der Waals surface area contributed by atoms with E-state index in [4.69, 9.17) is 0 Å². The second-order valence-electron chi connectivity index (χ2n) is 5.60. The molecule has 0 atom stereocenters. The third-order valence-electron chi connectivity index (χ3n) is 4.13. The van der Waals surface area contributed by atoms with Gasteiger partial charge in [-0.15, -0.1) is 0 Å². The molecule has 0 unspecified atom stereocenters. The maximum Gasteiger partial charge on any atom is 0.0187 e. The summed E-state index contributed by atoms with van der Waals surface area (Å²) in [5.41, 5.74) is 5.63. The molecule has 0 nitrogen and oxygen atoms in total. The van der Waals surface area contributed by atoms with Crippen LogP contribution in [0, 0.1) is 13.8 Å². The van der Waals surface area contributed by atoms with Gasteiger partial charge in [-0.1, -0.05) is 78.1 Å². The van der Waals surface area contributed by atoms with E-state index < -0.39 is 0 Å². The van der Waals surface area contributed by atoms with Crippen molar-refractivity contribution in [3.05, 3.63) is 69.2 Å². The fourth-order valence-electron chi connectivity index (χ4n) is 2.66. The summed E-state index contributed by atoms with van der Waals surface area (Å²) in [6.45, 7) is 4.41. The van der Waals surface area contributed by atoms with E-state index in [9.17, 15) is 0 Å². The first-order valence-corrected chi connectivity index (χ1v) is 9.99. The van der Waals surface area contributed by atoms with Crippen LogP contribution in [0.3, 0.4) is 0 Å². The molecular weight excluding hydrogens is 456 g/mol. The minimum Gasteiger partial charge on any atom is -0.0918 e. The van der Waals surface area contributed by atoms with Crippen molar-refractivity contribution in [3.8, 4) is 0 Å². The Kier molecular flexibility index (Phi) is 6.10. The van der Waals surface area contributed by atoms with Crippen molar-refractivity contribution in [1.82, 2.24) is 0 Å². The lowest BCUT2D eigenvalue weighted by Gasteiger charge is -2.32. The minimum absolute atomic E-state index is 0.0670. The predicted octanol–water partition coefficient (Wildman–Crippen LogP) is 6.34. The van der Waals surface area contributed by atoms with Crippen molar-refractivity contribution < 1.29 is 0 Å². The van der Waals surface area contributed by atoms with Crippen molar-refractivity contribution in [2.24, 2.45) is 0 Å². The molecule has 0 aliphatic carbocycles. The molecule has 0 aliphatic rings. The van der Waals surface area contributed by atoms with Gasteiger partial charge in [-0.05, 0) is 54.7 Å². The van der Waals surface area contributed by atoms with Crippen LogP contribution in [0.5, 0.6) is 0 Å². The molecule has 0 aromatic heterocycles. The first kappa shape index (κ1) is 17.2. The molecule has 0 radical (unpaired) electrons. The smallest absolute Gasteiger partial charge is 0.0187 e. The Morgan fingerprint density at radius 3 is 1.86 bits per heavy atom. The van der Waals surface area contributed by atoms with Crippen LogP contribution >= 0.6 is 47.8 Å². The third kappa shape index (κ3) is 3.80. The summed E-state index contributed by atoms with van der Waals surface area (Å²) >= 11 is 11.0. The normalized spacial score (nSPS) is 11.7. The zero-order chi connectivity index (χ0) is 15.5. The van der Waals surface area contributed by atoms with Crippen LogP contribution in [0.15, 0.2) is 46.9 Å². The fraction of sp³-hybridized carbons (Fsp3) is 0.333. The summed E-state index contributed by atoms with van der Waals surface area (Å²) in [6.07, 6.45) is 1.03. The highest BCUT2D eigenvalue weighted by molar-refractivity contribution is 9.10. The number of halogens is 3. The SMILES string of the molecule is Cc1cccc(C)c1CC(CBr)(CBr)c1ccc(Br)cc1. The molecule has 0 N–H and O–H groups in total. The Morgan fingerprint density at radius 2 is 1.38 bits per heavy atom. The second-order valence-corrected chi connectivity index (χ2v) is 7.64. The van der Waals surface area contributed by atoms with E-state index in [1.807, 2.05) is 0 Å². The molecule has 2 aromatic rings. The highest BCUT2D eigenvalue weighted by Crippen LogP contribution is 2.35. The molecular formula is C18H19Br3. The van der Waals surface area contributed by atoms with Crippen LogP contribution < -0.4 is 0 Å². The molecule has 0 bridgehead atoms. The molecule has 0 saturated heterocycles. The molecule has 2 aromatic carbocycles. The van der Waals surface area contributed by atoms with Gasteiger partial charge >= 0.3 is 0 Å². The zero-order valence-electron chi connectivity index (χ0n) is 12.3. The Balaban J connectivity index is 2.45. The summed E-state index contributed by atoms with van der Waals surface area (Å²) in [5, 5.41) is 1.86. The van der Waals surface area contributed by atoms with Gasteiger partial charge in [-0.3, -0.25) is 0 Å². The number of hydrogen-bond donors (Lipinski definition) is 0. The van der Waals surface area contributed by atoms with Crippen LogP contribution in [-0.4, -0.2) is 10.7 Å². The molecule has 2 rings (SSSR count). The molecule has 0 aliphatic heterocycles. The van der Waals surface area contributed by atoms with E-state index in [-0.39, 0.29) is 5.41 Å². The second kappa shape index (κ2) is 7.43. The van der Waals surface area contributed by atoms with Crippen LogP contribution in [0.25, 0.3) is 0 Å². The third-order valence-corrected chi connectivity index (χ3v) is 6.80. The van der Waals surface area contributed by atoms with E-state index in [1.54, 1.807) is 0 Å². The van der Waals surface area contributed by atoms with Gasteiger partial charge in [0.15, 0.2) is 0 Å². The molecule has 0 fully saturated rings. The van der Waals surface area contributed by atoms with Gasteiger partial charge < -0.3 is 0 Å². The standard InChI is InChI=1S/C18H19Br3/c1-13-4-3-5-14(2)17(13)10-18(11-19,12-20)15-6-8-16(21)9-7-15/h3-9H,10-12H2,1-2H3. The largest absolute Gasteiger partial charge is 0.0918 e. The molecule has 21 heavy (non-hydrogen) atoms. The summed E-state index contributed by atoms with van der Waals surface area (Å²) in [4.78, 5) is 0. The molecule has 0 heterocycles. The van der Waals surface area contributed by atoms with Gasteiger partial charge in [0.25, 0.3) is 0 Å². The Bertz CT molecular complexity index is 578. The van der Waals surface area contributed by atoms with E-state index in [0.717, 1.165) is 21.6 Å². The molecule has 3 heteroatoms. The van der Waals surface area contributed by atoms with Crippen LogP contribution in [0.2, 0.25) is 0 Å². The quantitative estimate of drug-likeness (QED) is 0.444. The highest BCUT2D eigenvalue weighted by Gasteiger charge is 2.31. The minimum atomic E-state index is 0.0670. The molecule has 0 amide bonds. The monoisotopic (exact) mass is 472 g/mol. The number of aryl methyl sites for hydroxylation is 2. The number of rotatable bonds is 5. The van der Waals surface area contributed by atoms with Gasteiger partial charge in [0.05, 0.1) is 0 Å². The Labute approximate surface area is 152 Å². The topological polar surface area (TPSA) is 0 Å². The summed E-state index contributed by atoms with van der Waals surface area (Å²) < 4.78 is 1.12. The first-order valence-electron chi connectivity index (χ1n) is 6.95. The lowest BCUT2D eigenvalue weighted by molar-refractivity contribution is 0.548. The van der Waals surface area contributed by atoms with Gasteiger partial charge in [0, 0.05) is 20.5 Å². The van der Waals surface area contributed by atoms with E-state index in [1.165, 1.54) is 22.3 Å². The lowest BCUT2D eigenvalue weighted by Crippen LogP contribution is -2.33. The van der Waals surface area contributed by atoms with Crippen molar-refractivity contribution in [1.29, 1.82) is 0 Å². The summed E-state index contributed by atoms with van der Waals surface area (Å²) in [6, 6.07) is 15.2. The fourth-order valence-corrected chi connectivity index (χ4v) is 4.89. The predicted molar refractivity (Wildman–Crippen MR) is 103 cm³/mol. The van der Waals surface area contributed by atoms with Crippen molar-refractivity contribution >= 4 is 47.8 Å². The number of alkyl halides is 2. The molecule has 112 valence electrons. The Hall–Kier alpha value is -0.120. The Morgan fingerprint density at radius 1 is 0.857 bits per heavy atom. The average molecular weight is 475 g/mol. The lowest BCUT2D eigenvalue weighted by atomic mass is 9.77. The maximum atomic E-state index is 3.75. The molecule has 0 spiro atoms. The summed E-state index contributed by atoms with van der Waals surface area (Å²) in [5.74, 6) is 0. The summed E-state index contributed by atoms with van der Waals surface area (Å²) in [7, 11) is 0. The zero-order valence-corrected chi connectivity index (χ0v) is 17.1. The van der Waals surface area contributed by atoms with Crippen molar-refractivity contribution in [2.45, 2.75) is 25.7 Å². The van der Waals surface area contributed by atoms with Crippen LogP contribution in [0.1, 0.15) is 22.3 Å². The maximum absolute atomic E-state index is 3.75. The molecule has 0 saturated carbocycles. The van der Waals surface area contributed by atoms with E-state index >= 15 is 0 Å². The van der Waals surface area contributed by atoms with Crippen LogP contribution in [-0.2, 0) is 11.8 Å².